The van der Waals surface area contributed by atoms with Crippen molar-refractivity contribution in [2.75, 3.05) is 6.61 Å². The zero-order chi connectivity index (χ0) is 13.8. The van der Waals surface area contributed by atoms with E-state index in [1.165, 1.54) is 0 Å². The predicted octanol–water partition coefficient (Wildman–Crippen LogP) is -4.18. The average molecular weight is 277 g/mol. The number of rotatable bonds is 1. The van der Waals surface area contributed by atoms with Gasteiger partial charge >= 0.3 is 7.75 Å². The van der Waals surface area contributed by atoms with Gasteiger partial charge in [-0.15, -0.1) is 0 Å². The first kappa shape index (κ1) is 16.9. The summed E-state index contributed by atoms with van der Waals surface area (Å²) in [6.07, 6.45) is -7.04. The smallest absolute Gasteiger partial charge is 0.394 e. The molecule has 0 aromatic rings. The summed E-state index contributed by atoms with van der Waals surface area (Å²) >= 11 is 0. The van der Waals surface area contributed by atoms with Crippen LogP contribution < -0.4 is 5.50 Å². The Kier molecular flexibility index (Phi) is 6.66. The monoisotopic (exact) mass is 277 g/mol. The van der Waals surface area contributed by atoms with Crippen molar-refractivity contribution in [2.24, 2.45) is 5.50 Å². The van der Waals surface area contributed by atoms with Gasteiger partial charge in [0.1, 0.15) is 24.4 Å². The molecule has 9 N–H and O–H groups in total. The van der Waals surface area contributed by atoms with Crippen LogP contribution in [0.25, 0.3) is 0 Å². The van der Waals surface area contributed by atoms with Crippen LogP contribution in [0.3, 0.4) is 0 Å². The summed E-state index contributed by atoms with van der Waals surface area (Å²) in [7, 11) is -4.14. The van der Waals surface area contributed by atoms with Crippen LogP contribution in [-0.2, 0) is 9.30 Å². The highest BCUT2D eigenvalue weighted by Crippen LogP contribution is 2.20. The summed E-state index contributed by atoms with van der Waals surface area (Å²) in [5.74, 6) is 0. The van der Waals surface area contributed by atoms with E-state index in [-0.39, 0.29) is 0 Å². The normalized spacial score (nSPS) is 38.2. The average Bonchev–Trinajstić information content (AvgIpc) is 2.18. The van der Waals surface area contributed by atoms with Crippen molar-refractivity contribution in [1.29, 1.82) is 0 Å². The van der Waals surface area contributed by atoms with Gasteiger partial charge in [0.05, 0.1) is 6.61 Å². The van der Waals surface area contributed by atoms with Gasteiger partial charge in [0, 0.05) is 0 Å². The SMILES string of the molecule is NP(=O)(O)O.OC[C@H]1OC(O)[C@H](O)[C@@H](O)[C@@H]1O. The number of hydrogen-bond donors (Lipinski definition) is 8. The van der Waals surface area contributed by atoms with Gasteiger partial charge in [0.15, 0.2) is 6.29 Å². The molecule has 0 bridgehead atoms. The first-order chi connectivity index (χ1) is 7.57. The second kappa shape index (κ2) is 6.71. The number of hydrogen-bond acceptors (Lipinski definition) is 7. The molecule has 1 fully saturated rings. The van der Waals surface area contributed by atoms with Crippen molar-refractivity contribution in [3.8, 4) is 0 Å². The van der Waals surface area contributed by atoms with E-state index in [9.17, 15) is 0 Å². The molecule has 5 atom stereocenters. The molecule has 0 spiro atoms. The molecule has 104 valence electrons. The molecule has 0 amide bonds. The molecule has 1 rings (SSSR count). The largest absolute Gasteiger partial charge is 0.397 e. The van der Waals surface area contributed by atoms with Crippen molar-refractivity contribution in [1.82, 2.24) is 0 Å². The Morgan fingerprint density at radius 1 is 1.06 bits per heavy atom. The maximum Gasteiger partial charge on any atom is 0.397 e. The van der Waals surface area contributed by atoms with Gasteiger partial charge < -0.3 is 40.1 Å². The van der Waals surface area contributed by atoms with Crippen LogP contribution in [-0.4, -0.2) is 72.6 Å². The molecule has 1 aliphatic rings. The lowest BCUT2D eigenvalue weighted by atomic mass is 10.00. The minimum atomic E-state index is -4.14. The molecule has 0 saturated carbocycles. The zero-order valence-corrected chi connectivity index (χ0v) is 9.46. The van der Waals surface area contributed by atoms with Gasteiger partial charge in [-0.1, -0.05) is 0 Å². The molecule has 1 heterocycles. The summed E-state index contributed by atoms with van der Waals surface area (Å²) in [6.45, 7) is -0.526. The third kappa shape index (κ3) is 6.38. The maximum atomic E-state index is 9.12. The Labute approximate surface area is 96.1 Å². The van der Waals surface area contributed by atoms with Crippen LogP contribution in [0.15, 0.2) is 0 Å². The van der Waals surface area contributed by atoms with Gasteiger partial charge in [-0.05, 0) is 0 Å². The van der Waals surface area contributed by atoms with Gasteiger partial charge in [-0.2, -0.15) is 0 Å². The fourth-order valence-electron chi connectivity index (χ4n) is 1.08. The zero-order valence-electron chi connectivity index (χ0n) is 8.57. The summed E-state index contributed by atoms with van der Waals surface area (Å²) in [5.41, 5.74) is 4.02. The highest BCUT2D eigenvalue weighted by molar-refractivity contribution is 7.49. The van der Waals surface area contributed by atoms with Crippen LogP contribution in [0.2, 0.25) is 0 Å². The van der Waals surface area contributed by atoms with Crippen LogP contribution in [0.5, 0.6) is 0 Å². The summed E-state index contributed by atoms with van der Waals surface area (Å²) in [6, 6.07) is 0. The third-order valence-electron chi connectivity index (χ3n) is 1.87. The molecule has 0 aromatic heterocycles. The molecule has 0 aliphatic carbocycles. The second-order valence-electron chi connectivity index (χ2n) is 3.31. The van der Waals surface area contributed by atoms with Crippen LogP contribution in [0.1, 0.15) is 0 Å². The lowest BCUT2D eigenvalue weighted by Crippen LogP contribution is -2.58. The topological polar surface area (TPSA) is 194 Å². The van der Waals surface area contributed by atoms with Crippen molar-refractivity contribution < 1.29 is 44.6 Å². The summed E-state index contributed by atoms with van der Waals surface area (Å²) in [5, 5.41) is 44.7. The van der Waals surface area contributed by atoms with Crippen LogP contribution in [0.4, 0.5) is 0 Å². The van der Waals surface area contributed by atoms with Gasteiger partial charge in [-0.3, -0.25) is 0 Å². The van der Waals surface area contributed by atoms with E-state index in [0.29, 0.717) is 0 Å². The molecular formula is C6H16NO9P. The van der Waals surface area contributed by atoms with E-state index >= 15 is 0 Å². The lowest BCUT2D eigenvalue weighted by molar-refractivity contribution is -0.286. The minimum absolute atomic E-state index is 0.526. The molecule has 10 nitrogen and oxygen atoms in total. The maximum absolute atomic E-state index is 9.12. The minimum Gasteiger partial charge on any atom is -0.394 e. The predicted molar refractivity (Wildman–Crippen MR) is 52.2 cm³/mol. The Bertz CT molecular complexity index is 257. The third-order valence-corrected chi connectivity index (χ3v) is 1.87. The standard InChI is InChI=1S/C6H12O6.H4NO3P/c7-1-2-3(8)4(9)5(10)6(11)12-2;1-5(2,3)4/h2-11H,1H2;(H4,1,2,3,4)/t2-,3-,4+,5-,6?;/m1./s1. The highest BCUT2D eigenvalue weighted by Gasteiger charge is 2.42. The molecule has 1 aliphatic heterocycles. The summed E-state index contributed by atoms with van der Waals surface area (Å²) < 4.78 is 13.7. The van der Waals surface area contributed by atoms with E-state index in [4.69, 9.17) is 39.9 Å². The number of ether oxygens (including phenoxy) is 1. The molecule has 0 aromatic carbocycles. The molecule has 0 radical (unpaired) electrons. The number of aliphatic hydroxyl groups is 5. The van der Waals surface area contributed by atoms with E-state index in [2.05, 4.69) is 10.2 Å². The van der Waals surface area contributed by atoms with E-state index < -0.39 is 45.1 Å². The molecular weight excluding hydrogens is 261 g/mol. The Hall–Kier alpha value is -0.130. The van der Waals surface area contributed by atoms with E-state index in [1.54, 1.807) is 0 Å². The van der Waals surface area contributed by atoms with E-state index in [0.717, 1.165) is 0 Å². The van der Waals surface area contributed by atoms with Crippen LogP contribution >= 0.6 is 7.75 Å². The quantitative estimate of drug-likeness (QED) is 0.218. The van der Waals surface area contributed by atoms with E-state index in [1.807, 2.05) is 0 Å². The fourth-order valence-corrected chi connectivity index (χ4v) is 1.08. The van der Waals surface area contributed by atoms with Crippen molar-refractivity contribution in [3.05, 3.63) is 0 Å². The van der Waals surface area contributed by atoms with Crippen molar-refractivity contribution in [3.63, 3.8) is 0 Å². The van der Waals surface area contributed by atoms with Crippen molar-refractivity contribution in [2.45, 2.75) is 30.7 Å². The summed E-state index contributed by atoms with van der Waals surface area (Å²) in [4.78, 5) is 14.8. The van der Waals surface area contributed by atoms with Gasteiger partial charge in [0.2, 0.25) is 0 Å². The van der Waals surface area contributed by atoms with Crippen molar-refractivity contribution >= 4 is 7.75 Å². The molecule has 1 unspecified atom stereocenters. The molecule has 11 heteroatoms. The Morgan fingerprint density at radius 2 is 1.47 bits per heavy atom. The number of nitrogens with two attached hydrogens (primary N) is 1. The Morgan fingerprint density at radius 3 is 1.82 bits per heavy atom. The van der Waals surface area contributed by atoms with Gasteiger partial charge in [0.25, 0.3) is 0 Å². The second-order valence-corrected chi connectivity index (χ2v) is 4.49. The van der Waals surface area contributed by atoms with Gasteiger partial charge in [-0.25, -0.2) is 10.1 Å². The lowest BCUT2D eigenvalue weighted by Gasteiger charge is -2.37. The first-order valence-electron chi connectivity index (χ1n) is 4.40. The van der Waals surface area contributed by atoms with Crippen LogP contribution in [0, 0.1) is 0 Å². The number of aliphatic hydroxyl groups excluding tert-OH is 5. The Balaban J connectivity index is 0.000000437. The first-order valence-corrected chi connectivity index (χ1v) is 6.08. The fraction of sp³-hybridized carbons (Fsp3) is 1.00. The molecule has 17 heavy (non-hydrogen) atoms. The highest BCUT2D eigenvalue weighted by atomic mass is 31.2. The molecule has 1 saturated heterocycles.